The molecule has 4 rings (SSSR count). The Bertz CT molecular complexity index is 1190. The second kappa shape index (κ2) is 7.44. The van der Waals surface area contributed by atoms with Gasteiger partial charge in [0, 0.05) is 48.5 Å². The van der Waals surface area contributed by atoms with Crippen LogP contribution in [0.4, 0.5) is 0 Å². The highest BCUT2D eigenvalue weighted by atomic mass is 32.1. The van der Waals surface area contributed by atoms with Gasteiger partial charge in [-0.25, -0.2) is 9.67 Å². The first-order valence-electron chi connectivity index (χ1n) is 9.46. The highest BCUT2D eigenvalue weighted by molar-refractivity contribution is 7.13. The maximum Gasteiger partial charge on any atom is 0.244 e. The van der Waals surface area contributed by atoms with Gasteiger partial charge in [-0.15, -0.1) is 11.3 Å². The molecule has 0 unspecified atom stereocenters. The topological polar surface area (TPSA) is 68.8 Å². The Kier molecular flexibility index (Phi) is 4.96. The van der Waals surface area contributed by atoms with E-state index in [1.165, 1.54) is 4.88 Å². The maximum atomic E-state index is 12.9. The molecule has 0 atom stereocenters. The van der Waals surface area contributed by atoms with E-state index < -0.39 is 0 Å². The van der Waals surface area contributed by atoms with Crippen LogP contribution in [0.2, 0.25) is 0 Å². The molecule has 29 heavy (non-hydrogen) atoms. The van der Waals surface area contributed by atoms with Crippen molar-refractivity contribution in [3.8, 4) is 10.4 Å². The molecule has 1 amide bonds. The number of hydrogen-bond acceptors (Lipinski definition) is 5. The fourth-order valence-electron chi connectivity index (χ4n) is 3.65. The fourth-order valence-corrected chi connectivity index (χ4v) is 4.41. The van der Waals surface area contributed by atoms with Crippen LogP contribution in [-0.2, 0) is 24.9 Å². The fraction of sp³-hybridized carbons (Fsp3) is 0.333. The van der Waals surface area contributed by atoms with Crippen LogP contribution in [0.1, 0.15) is 22.6 Å². The van der Waals surface area contributed by atoms with Crippen LogP contribution >= 0.6 is 11.3 Å². The first-order chi connectivity index (χ1) is 13.9. The predicted molar refractivity (Wildman–Crippen MR) is 115 cm³/mol. The van der Waals surface area contributed by atoms with Gasteiger partial charge in [0.1, 0.15) is 6.54 Å². The summed E-state index contributed by atoms with van der Waals surface area (Å²) >= 11 is 1.69. The summed E-state index contributed by atoms with van der Waals surface area (Å²) in [5.41, 5.74) is 5.84. The highest BCUT2D eigenvalue weighted by Crippen LogP contribution is 2.32. The minimum atomic E-state index is -0.0135. The first-order valence-corrected chi connectivity index (χ1v) is 10.3. The average molecular weight is 409 g/mol. The summed E-state index contributed by atoms with van der Waals surface area (Å²) in [5.74, 6) is -0.0135. The number of fused-ring (bicyclic) bond motifs is 1. The third kappa shape index (κ3) is 3.44. The lowest BCUT2D eigenvalue weighted by atomic mass is 10.1. The molecule has 0 spiro atoms. The Morgan fingerprint density at radius 1 is 1.17 bits per heavy atom. The number of carbonyl (C=O) groups excluding carboxylic acids is 1. The van der Waals surface area contributed by atoms with Crippen molar-refractivity contribution in [3.63, 3.8) is 0 Å². The summed E-state index contributed by atoms with van der Waals surface area (Å²) in [5, 5.41) is 12.1. The molecule has 0 bridgehead atoms. The van der Waals surface area contributed by atoms with E-state index >= 15 is 0 Å². The second-order valence-electron chi connectivity index (χ2n) is 7.30. The molecular formula is C21H24N6OS. The van der Waals surface area contributed by atoms with Crippen molar-refractivity contribution in [2.75, 3.05) is 7.05 Å². The van der Waals surface area contributed by atoms with Crippen LogP contribution in [0.15, 0.2) is 29.8 Å². The van der Waals surface area contributed by atoms with E-state index in [2.05, 4.69) is 26.6 Å². The van der Waals surface area contributed by atoms with Gasteiger partial charge in [-0.2, -0.15) is 10.2 Å². The molecule has 7 nitrogen and oxygen atoms in total. The number of aromatic nitrogens is 5. The number of thiophene rings is 1. The lowest BCUT2D eigenvalue weighted by Crippen LogP contribution is -2.30. The van der Waals surface area contributed by atoms with Gasteiger partial charge in [-0.1, -0.05) is 6.07 Å². The van der Waals surface area contributed by atoms with Crippen LogP contribution in [0.25, 0.3) is 21.5 Å². The minimum Gasteiger partial charge on any atom is -0.340 e. The number of carbonyl (C=O) groups is 1. The number of amides is 1. The average Bonchev–Trinajstić information content (AvgIpc) is 3.39. The Morgan fingerprint density at radius 2 is 1.97 bits per heavy atom. The molecule has 0 aliphatic carbocycles. The Balaban J connectivity index is 1.61. The van der Waals surface area contributed by atoms with Gasteiger partial charge in [0.25, 0.3) is 0 Å². The van der Waals surface area contributed by atoms with E-state index in [0.29, 0.717) is 6.54 Å². The number of nitrogens with zero attached hydrogens (tertiary/aromatic N) is 6. The molecule has 8 heteroatoms. The Labute approximate surface area is 173 Å². The molecule has 4 heterocycles. The lowest BCUT2D eigenvalue weighted by molar-refractivity contribution is -0.131. The minimum absolute atomic E-state index is 0.0135. The Hall–Kier alpha value is -3.00. The Morgan fingerprint density at radius 3 is 2.62 bits per heavy atom. The van der Waals surface area contributed by atoms with Gasteiger partial charge in [0.05, 0.1) is 16.8 Å². The molecule has 4 aromatic heterocycles. The molecular weight excluding hydrogens is 384 g/mol. The van der Waals surface area contributed by atoms with Gasteiger partial charge in [0.15, 0.2) is 5.65 Å². The summed E-state index contributed by atoms with van der Waals surface area (Å²) < 4.78 is 3.56. The van der Waals surface area contributed by atoms with E-state index in [1.54, 1.807) is 27.1 Å². The molecule has 0 radical (unpaired) electrons. The van der Waals surface area contributed by atoms with Crippen LogP contribution in [0, 0.1) is 20.8 Å². The van der Waals surface area contributed by atoms with E-state index in [9.17, 15) is 4.79 Å². The van der Waals surface area contributed by atoms with Crippen molar-refractivity contribution in [3.05, 3.63) is 52.4 Å². The second-order valence-corrected chi connectivity index (χ2v) is 8.25. The summed E-state index contributed by atoms with van der Waals surface area (Å²) in [6.07, 6.45) is 1.78. The molecule has 4 aromatic rings. The number of likely N-dealkylation sites (N-methyl/N-ethyl adjacent to an activating group) is 1. The van der Waals surface area contributed by atoms with Gasteiger partial charge in [0.2, 0.25) is 5.91 Å². The lowest BCUT2D eigenvalue weighted by Gasteiger charge is -2.17. The molecule has 0 aliphatic heterocycles. The number of pyridine rings is 1. The van der Waals surface area contributed by atoms with Crippen molar-refractivity contribution < 1.29 is 4.79 Å². The third-order valence-corrected chi connectivity index (χ3v) is 6.26. The van der Waals surface area contributed by atoms with Gasteiger partial charge >= 0.3 is 0 Å². The molecule has 0 saturated carbocycles. The zero-order valence-corrected chi connectivity index (χ0v) is 18.1. The summed E-state index contributed by atoms with van der Waals surface area (Å²) in [6, 6.07) is 6.13. The van der Waals surface area contributed by atoms with Crippen molar-refractivity contribution in [2.45, 2.75) is 33.9 Å². The monoisotopic (exact) mass is 408 g/mol. The largest absolute Gasteiger partial charge is 0.340 e. The molecule has 0 fully saturated rings. The smallest absolute Gasteiger partial charge is 0.244 e. The highest BCUT2D eigenvalue weighted by Gasteiger charge is 2.19. The molecule has 0 N–H and O–H groups in total. The third-order valence-electron chi connectivity index (χ3n) is 5.36. The molecule has 0 aliphatic rings. The maximum absolute atomic E-state index is 12.9. The van der Waals surface area contributed by atoms with Gasteiger partial charge in [-0.05, 0) is 38.3 Å². The zero-order valence-electron chi connectivity index (χ0n) is 17.3. The normalized spacial score (nSPS) is 11.3. The van der Waals surface area contributed by atoms with Crippen LogP contribution in [0.5, 0.6) is 0 Å². The SMILES string of the molecule is Cc1nn(C)c(C)c1CN(C)C(=O)Cn1nc(C)c2c(-c3cccs3)ccnc21. The molecule has 150 valence electrons. The van der Waals surface area contributed by atoms with Crippen molar-refractivity contribution >= 4 is 28.3 Å². The van der Waals surface area contributed by atoms with Crippen LogP contribution < -0.4 is 0 Å². The van der Waals surface area contributed by atoms with Gasteiger partial charge < -0.3 is 4.90 Å². The van der Waals surface area contributed by atoms with Crippen molar-refractivity contribution in [1.82, 2.24) is 29.4 Å². The molecule has 0 saturated heterocycles. The molecule has 0 aromatic carbocycles. The van der Waals surface area contributed by atoms with Crippen molar-refractivity contribution in [2.24, 2.45) is 7.05 Å². The number of aryl methyl sites for hydroxylation is 3. The quantitative estimate of drug-likeness (QED) is 0.507. The number of hydrogen-bond donors (Lipinski definition) is 0. The number of rotatable bonds is 5. The zero-order chi connectivity index (χ0) is 20.7. The van der Waals surface area contributed by atoms with Crippen LogP contribution in [0.3, 0.4) is 0 Å². The van der Waals surface area contributed by atoms with E-state index in [4.69, 9.17) is 0 Å². The summed E-state index contributed by atoms with van der Waals surface area (Å²) in [4.78, 5) is 20.3. The van der Waals surface area contributed by atoms with Gasteiger partial charge in [-0.3, -0.25) is 9.48 Å². The standard InChI is InChI=1S/C21H24N6OS/c1-13-17(15(3)26(5)23-13)11-25(4)19(28)12-27-21-20(14(2)24-27)16(8-9-22-21)18-7-6-10-29-18/h6-10H,11-12H2,1-5H3. The van der Waals surface area contributed by atoms with Crippen LogP contribution in [-0.4, -0.2) is 42.4 Å². The van der Waals surface area contributed by atoms with E-state index in [0.717, 1.165) is 39.2 Å². The predicted octanol–water partition coefficient (Wildman–Crippen LogP) is 3.48. The van der Waals surface area contributed by atoms with E-state index in [1.807, 2.05) is 51.7 Å². The van der Waals surface area contributed by atoms with Crippen molar-refractivity contribution in [1.29, 1.82) is 0 Å². The van der Waals surface area contributed by atoms with E-state index in [-0.39, 0.29) is 12.5 Å². The summed E-state index contributed by atoms with van der Waals surface area (Å²) in [6.45, 7) is 6.64. The first kappa shape index (κ1) is 19.3. The summed E-state index contributed by atoms with van der Waals surface area (Å²) in [7, 11) is 3.74.